The summed E-state index contributed by atoms with van der Waals surface area (Å²) in [5.41, 5.74) is 3.55. The standard InChI is InChI=1S/C15H19N3/c1-13-6-5-10-17-15(13)12-18(2)11-8-14-7-3-4-9-16-14/h3-7,9-10H,8,11-12H2,1-2H3. The summed E-state index contributed by atoms with van der Waals surface area (Å²) in [5, 5.41) is 0. The Kier molecular flexibility index (Phi) is 4.42. The number of pyridine rings is 2. The summed E-state index contributed by atoms with van der Waals surface area (Å²) in [7, 11) is 2.12. The lowest BCUT2D eigenvalue weighted by atomic mass is 10.2. The molecule has 3 heteroatoms. The van der Waals surface area contributed by atoms with Gasteiger partial charge in [-0.15, -0.1) is 0 Å². The Bertz CT molecular complexity index is 482. The molecule has 0 amide bonds. The summed E-state index contributed by atoms with van der Waals surface area (Å²) in [5.74, 6) is 0. The van der Waals surface area contributed by atoms with Gasteiger partial charge < -0.3 is 4.90 Å². The summed E-state index contributed by atoms with van der Waals surface area (Å²) in [4.78, 5) is 11.0. The van der Waals surface area contributed by atoms with Gasteiger partial charge in [-0.2, -0.15) is 0 Å². The first-order chi connectivity index (χ1) is 8.75. The minimum Gasteiger partial charge on any atom is -0.300 e. The Labute approximate surface area is 109 Å². The third kappa shape index (κ3) is 3.64. The van der Waals surface area contributed by atoms with Crippen molar-refractivity contribution in [3.05, 3.63) is 59.7 Å². The molecule has 2 rings (SSSR count). The molecular weight excluding hydrogens is 222 g/mol. The van der Waals surface area contributed by atoms with Crippen LogP contribution in [0.2, 0.25) is 0 Å². The smallest absolute Gasteiger partial charge is 0.0572 e. The Morgan fingerprint density at radius 3 is 2.61 bits per heavy atom. The van der Waals surface area contributed by atoms with Crippen LogP contribution in [-0.4, -0.2) is 28.5 Å². The van der Waals surface area contributed by atoms with Crippen LogP contribution >= 0.6 is 0 Å². The Hall–Kier alpha value is -1.74. The number of hydrogen-bond donors (Lipinski definition) is 0. The fraction of sp³-hybridized carbons (Fsp3) is 0.333. The van der Waals surface area contributed by atoms with Crippen molar-refractivity contribution in [1.29, 1.82) is 0 Å². The zero-order chi connectivity index (χ0) is 12.8. The SMILES string of the molecule is Cc1cccnc1CN(C)CCc1ccccn1. The largest absolute Gasteiger partial charge is 0.300 e. The van der Waals surface area contributed by atoms with Crippen molar-refractivity contribution in [2.24, 2.45) is 0 Å². The van der Waals surface area contributed by atoms with Crippen molar-refractivity contribution in [3.63, 3.8) is 0 Å². The fourth-order valence-corrected chi connectivity index (χ4v) is 1.87. The molecule has 3 nitrogen and oxygen atoms in total. The zero-order valence-electron chi connectivity index (χ0n) is 11.0. The molecule has 0 N–H and O–H groups in total. The summed E-state index contributed by atoms with van der Waals surface area (Å²) in [6, 6.07) is 10.1. The number of likely N-dealkylation sites (N-methyl/N-ethyl adjacent to an activating group) is 1. The predicted molar refractivity (Wildman–Crippen MR) is 73.2 cm³/mol. The van der Waals surface area contributed by atoms with Crippen molar-refractivity contribution in [2.75, 3.05) is 13.6 Å². The van der Waals surface area contributed by atoms with Crippen LogP contribution in [0.3, 0.4) is 0 Å². The van der Waals surface area contributed by atoms with E-state index >= 15 is 0 Å². The molecule has 0 aromatic carbocycles. The third-order valence-corrected chi connectivity index (χ3v) is 3.01. The second kappa shape index (κ2) is 6.26. The van der Waals surface area contributed by atoms with Crippen LogP contribution < -0.4 is 0 Å². The normalized spacial score (nSPS) is 10.8. The Morgan fingerprint density at radius 1 is 1.06 bits per heavy atom. The second-order valence-electron chi connectivity index (χ2n) is 4.58. The van der Waals surface area contributed by atoms with Gasteiger partial charge in [0.05, 0.1) is 5.69 Å². The zero-order valence-corrected chi connectivity index (χ0v) is 11.0. The van der Waals surface area contributed by atoms with Gasteiger partial charge in [0.25, 0.3) is 0 Å². The molecule has 2 heterocycles. The molecule has 2 aromatic heterocycles. The Balaban J connectivity index is 1.86. The number of nitrogens with zero attached hydrogens (tertiary/aromatic N) is 3. The molecule has 0 radical (unpaired) electrons. The van der Waals surface area contributed by atoms with Crippen LogP contribution in [0.25, 0.3) is 0 Å². The van der Waals surface area contributed by atoms with E-state index < -0.39 is 0 Å². The maximum Gasteiger partial charge on any atom is 0.0572 e. The van der Waals surface area contributed by atoms with E-state index in [1.807, 2.05) is 30.6 Å². The minimum atomic E-state index is 0.888. The van der Waals surface area contributed by atoms with E-state index in [0.717, 1.165) is 30.9 Å². The van der Waals surface area contributed by atoms with E-state index in [4.69, 9.17) is 0 Å². The molecule has 0 aliphatic heterocycles. The first-order valence-corrected chi connectivity index (χ1v) is 6.24. The summed E-state index contributed by atoms with van der Waals surface area (Å²) in [6.45, 7) is 3.99. The van der Waals surface area contributed by atoms with E-state index in [1.54, 1.807) is 0 Å². The highest BCUT2D eigenvalue weighted by molar-refractivity contribution is 5.17. The maximum absolute atomic E-state index is 4.42. The van der Waals surface area contributed by atoms with Gasteiger partial charge in [0.15, 0.2) is 0 Å². The predicted octanol–water partition coefficient (Wildman–Crippen LogP) is 2.46. The number of aromatic nitrogens is 2. The first kappa shape index (κ1) is 12.7. The molecule has 2 aromatic rings. The van der Waals surface area contributed by atoms with E-state index in [1.165, 1.54) is 5.56 Å². The summed E-state index contributed by atoms with van der Waals surface area (Å²) in [6.07, 6.45) is 4.68. The summed E-state index contributed by atoms with van der Waals surface area (Å²) < 4.78 is 0. The van der Waals surface area contributed by atoms with Crippen LogP contribution in [0.1, 0.15) is 17.0 Å². The highest BCUT2D eigenvalue weighted by Gasteiger charge is 2.04. The van der Waals surface area contributed by atoms with E-state index in [0.29, 0.717) is 0 Å². The van der Waals surface area contributed by atoms with Gasteiger partial charge >= 0.3 is 0 Å². The first-order valence-electron chi connectivity index (χ1n) is 6.24. The Morgan fingerprint density at radius 2 is 1.89 bits per heavy atom. The lowest BCUT2D eigenvalue weighted by molar-refractivity contribution is 0.325. The average molecular weight is 241 g/mol. The van der Waals surface area contributed by atoms with Gasteiger partial charge in [-0.25, -0.2) is 0 Å². The molecule has 0 atom stereocenters. The lowest BCUT2D eigenvalue weighted by Crippen LogP contribution is -2.22. The van der Waals surface area contributed by atoms with Gasteiger partial charge in [0, 0.05) is 37.6 Å². The highest BCUT2D eigenvalue weighted by atomic mass is 15.1. The van der Waals surface area contributed by atoms with Crippen molar-refractivity contribution >= 4 is 0 Å². The molecule has 0 saturated heterocycles. The van der Waals surface area contributed by atoms with Crippen molar-refractivity contribution in [3.8, 4) is 0 Å². The number of rotatable bonds is 5. The average Bonchev–Trinajstić information content (AvgIpc) is 2.40. The lowest BCUT2D eigenvalue weighted by Gasteiger charge is -2.16. The quantitative estimate of drug-likeness (QED) is 0.805. The van der Waals surface area contributed by atoms with Gasteiger partial charge in [-0.05, 0) is 37.7 Å². The molecule has 0 unspecified atom stereocenters. The third-order valence-electron chi connectivity index (χ3n) is 3.01. The van der Waals surface area contributed by atoms with E-state index in [2.05, 4.69) is 41.0 Å². The van der Waals surface area contributed by atoms with Gasteiger partial charge in [0.1, 0.15) is 0 Å². The topological polar surface area (TPSA) is 29.0 Å². The molecule has 0 spiro atoms. The van der Waals surface area contributed by atoms with Crippen molar-refractivity contribution < 1.29 is 0 Å². The maximum atomic E-state index is 4.42. The highest BCUT2D eigenvalue weighted by Crippen LogP contribution is 2.06. The molecule has 94 valence electrons. The van der Waals surface area contributed by atoms with Crippen LogP contribution in [-0.2, 0) is 13.0 Å². The summed E-state index contributed by atoms with van der Waals surface area (Å²) >= 11 is 0. The molecule has 0 aliphatic carbocycles. The van der Waals surface area contributed by atoms with E-state index in [9.17, 15) is 0 Å². The molecule has 18 heavy (non-hydrogen) atoms. The van der Waals surface area contributed by atoms with Crippen molar-refractivity contribution in [1.82, 2.24) is 14.9 Å². The van der Waals surface area contributed by atoms with Crippen LogP contribution in [0.4, 0.5) is 0 Å². The molecular formula is C15H19N3. The van der Waals surface area contributed by atoms with E-state index in [-0.39, 0.29) is 0 Å². The molecule has 0 saturated carbocycles. The number of aryl methyl sites for hydroxylation is 1. The van der Waals surface area contributed by atoms with Crippen LogP contribution in [0, 0.1) is 6.92 Å². The minimum absolute atomic E-state index is 0.888. The van der Waals surface area contributed by atoms with Crippen LogP contribution in [0.15, 0.2) is 42.7 Å². The van der Waals surface area contributed by atoms with Crippen molar-refractivity contribution in [2.45, 2.75) is 19.9 Å². The molecule has 0 fully saturated rings. The van der Waals surface area contributed by atoms with Gasteiger partial charge in [0.2, 0.25) is 0 Å². The second-order valence-corrected chi connectivity index (χ2v) is 4.58. The number of hydrogen-bond acceptors (Lipinski definition) is 3. The van der Waals surface area contributed by atoms with Crippen LogP contribution in [0.5, 0.6) is 0 Å². The van der Waals surface area contributed by atoms with Gasteiger partial charge in [-0.3, -0.25) is 9.97 Å². The fourth-order valence-electron chi connectivity index (χ4n) is 1.87. The monoisotopic (exact) mass is 241 g/mol. The van der Waals surface area contributed by atoms with Gasteiger partial charge in [-0.1, -0.05) is 12.1 Å². The molecule has 0 aliphatic rings. The molecule has 0 bridgehead atoms.